The summed E-state index contributed by atoms with van der Waals surface area (Å²) in [5.41, 5.74) is 13.9. The summed E-state index contributed by atoms with van der Waals surface area (Å²) >= 11 is 0. The number of fused-ring (bicyclic) bond motifs is 3. The standard InChI is InChI=1S/C15H17N5/c16-15(17)19-8-3-6-13-14-11(7-9-18-13)10-4-1-2-5-12(10)20-14/h1-2,4-5,7,9,20H,3,6,8H2,(H4,16,17,19). The molecular formula is C15H17N5. The first kappa shape index (κ1) is 12.5. The molecule has 0 saturated heterocycles. The van der Waals surface area contributed by atoms with Gasteiger partial charge in [0.2, 0.25) is 0 Å². The van der Waals surface area contributed by atoms with Gasteiger partial charge in [0.25, 0.3) is 0 Å². The lowest BCUT2D eigenvalue weighted by molar-refractivity contribution is 0.814. The number of nitrogens with one attached hydrogen (secondary N) is 1. The molecule has 0 unspecified atom stereocenters. The number of benzene rings is 1. The van der Waals surface area contributed by atoms with Gasteiger partial charge >= 0.3 is 0 Å². The van der Waals surface area contributed by atoms with Crippen molar-refractivity contribution in [3.05, 3.63) is 42.2 Å². The molecule has 5 heteroatoms. The fourth-order valence-corrected chi connectivity index (χ4v) is 2.47. The van der Waals surface area contributed by atoms with Crippen LogP contribution in [0, 0.1) is 0 Å². The summed E-state index contributed by atoms with van der Waals surface area (Å²) in [6, 6.07) is 10.3. The van der Waals surface area contributed by atoms with Gasteiger partial charge < -0.3 is 16.5 Å². The van der Waals surface area contributed by atoms with Crippen LogP contribution >= 0.6 is 0 Å². The van der Waals surface area contributed by atoms with E-state index < -0.39 is 0 Å². The zero-order valence-electron chi connectivity index (χ0n) is 11.1. The Morgan fingerprint density at radius 1 is 1.15 bits per heavy atom. The van der Waals surface area contributed by atoms with E-state index in [4.69, 9.17) is 11.5 Å². The van der Waals surface area contributed by atoms with Gasteiger partial charge in [0.15, 0.2) is 5.96 Å². The zero-order chi connectivity index (χ0) is 13.9. The highest BCUT2D eigenvalue weighted by atomic mass is 15.0. The highest BCUT2D eigenvalue weighted by Gasteiger charge is 2.08. The second-order valence-electron chi connectivity index (χ2n) is 4.76. The second kappa shape index (κ2) is 5.21. The molecule has 3 aromatic rings. The van der Waals surface area contributed by atoms with E-state index >= 15 is 0 Å². The highest BCUT2D eigenvalue weighted by molar-refractivity contribution is 6.07. The first-order valence-electron chi connectivity index (χ1n) is 6.65. The van der Waals surface area contributed by atoms with Gasteiger partial charge in [-0.15, -0.1) is 0 Å². The number of aryl methyl sites for hydroxylation is 1. The molecule has 5 N–H and O–H groups in total. The minimum Gasteiger partial charge on any atom is -0.370 e. The summed E-state index contributed by atoms with van der Waals surface area (Å²) in [5, 5.41) is 2.45. The number of para-hydroxylation sites is 1. The number of H-pyrrole nitrogens is 1. The normalized spacial score (nSPS) is 11.0. The number of rotatable bonds is 4. The molecule has 0 aliphatic rings. The lowest BCUT2D eigenvalue weighted by atomic mass is 10.1. The minimum absolute atomic E-state index is 0.141. The van der Waals surface area contributed by atoms with Crippen molar-refractivity contribution in [3.8, 4) is 0 Å². The van der Waals surface area contributed by atoms with Crippen LogP contribution in [0.25, 0.3) is 21.8 Å². The van der Waals surface area contributed by atoms with E-state index in [9.17, 15) is 0 Å². The Balaban J connectivity index is 1.93. The molecular weight excluding hydrogens is 250 g/mol. The summed E-state index contributed by atoms with van der Waals surface area (Å²) in [7, 11) is 0. The maximum atomic E-state index is 5.32. The Morgan fingerprint density at radius 2 is 2.00 bits per heavy atom. The molecule has 3 rings (SSSR count). The summed E-state index contributed by atoms with van der Waals surface area (Å²) in [4.78, 5) is 11.9. The van der Waals surface area contributed by atoms with Gasteiger partial charge in [0.05, 0.1) is 11.2 Å². The lowest BCUT2D eigenvalue weighted by Gasteiger charge is -2.01. The van der Waals surface area contributed by atoms with E-state index in [2.05, 4.69) is 33.2 Å². The Labute approximate surface area is 116 Å². The first-order valence-corrected chi connectivity index (χ1v) is 6.65. The second-order valence-corrected chi connectivity index (χ2v) is 4.76. The third-order valence-corrected chi connectivity index (χ3v) is 3.37. The largest absolute Gasteiger partial charge is 0.370 e. The minimum atomic E-state index is 0.141. The van der Waals surface area contributed by atoms with E-state index in [0.29, 0.717) is 6.54 Å². The van der Waals surface area contributed by atoms with Crippen molar-refractivity contribution in [1.29, 1.82) is 0 Å². The van der Waals surface area contributed by atoms with E-state index in [1.807, 2.05) is 18.3 Å². The Hall–Kier alpha value is -2.56. The molecule has 20 heavy (non-hydrogen) atoms. The third kappa shape index (κ3) is 2.30. The quantitative estimate of drug-likeness (QED) is 0.383. The molecule has 0 fully saturated rings. The zero-order valence-corrected chi connectivity index (χ0v) is 11.1. The summed E-state index contributed by atoms with van der Waals surface area (Å²) in [5.74, 6) is 0.141. The maximum Gasteiger partial charge on any atom is 0.185 e. The van der Waals surface area contributed by atoms with Crippen molar-refractivity contribution in [2.24, 2.45) is 16.5 Å². The van der Waals surface area contributed by atoms with Gasteiger partial charge in [0.1, 0.15) is 0 Å². The van der Waals surface area contributed by atoms with Crippen LogP contribution in [0.4, 0.5) is 0 Å². The fourth-order valence-electron chi connectivity index (χ4n) is 2.47. The number of nitrogens with two attached hydrogens (primary N) is 2. The fraction of sp³-hybridized carbons (Fsp3) is 0.200. The molecule has 0 aliphatic heterocycles. The van der Waals surface area contributed by atoms with Crippen LogP contribution < -0.4 is 11.5 Å². The number of aliphatic imine (C=N–C) groups is 1. The first-order chi connectivity index (χ1) is 9.75. The molecule has 0 atom stereocenters. The monoisotopic (exact) mass is 267 g/mol. The highest BCUT2D eigenvalue weighted by Crippen LogP contribution is 2.26. The Morgan fingerprint density at radius 3 is 2.85 bits per heavy atom. The van der Waals surface area contributed by atoms with Crippen molar-refractivity contribution in [1.82, 2.24) is 9.97 Å². The van der Waals surface area contributed by atoms with Gasteiger partial charge in [0, 0.05) is 29.0 Å². The topological polar surface area (TPSA) is 93.1 Å². The summed E-state index contributed by atoms with van der Waals surface area (Å²) < 4.78 is 0. The Kier molecular flexibility index (Phi) is 3.25. The number of hydrogen-bond donors (Lipinski definition) is 3. The number of nitrogens with zero attached hydrogens (tertiary/aromatic N) is 2. The molecule has 2 heterocycles. The lowest BCUT2D eigenvalue weighted by Crippen LogP contribution is -2.23. The van der Waals surface area contributed by atoms with Crippen molar-refractivity contribution in [2.75, 3.05) is 6.54 Å². The maximum absolute atomic E-state index is 5.32. The average Bonchev–Trinajstić information content (AvgIpc) is 2.83. The van der Waals surface area contributed by atoms with E-state index in [-0.39, 0.29) is 5.96 Å². The molecule has 0 amide bonds. The van der Waals surface area contributed by atoms with Crippen molar-refractivity contribution < 1.29 is 0 Å². The van der Waals surface area contributed by atoms with E-state index in [1.165, 1.54) is 10.8 Å². The molecule has 0 aliphatic carbocycles. The molecule has 5 nitrogen and oxygen atoms in total. The average molecular weight is 267 g/mol. The van der Waals surface area contributed by atoms with E-state index in [0.717, 1.165) is 29.6 Å². The van der Waals surface area contributed by atoms with Crippen LogP contribution in [0.1, 0.15) is 12.1 Å². The number of pyridine rings is 1. The SMILES string of the molecule is NC(N)=NCCCc1nccc2c1[nH]c1ccccc12. The molecule has 0 radical (unpaired) electrons. The number of hydrogen-bond acceptors (Lipinski definition) is 2. The summed E-state index contributed by atoms with van der Waals surface area (Å²) in [6.07, 6.45) is 3.58. The number of guanidine groups is 1. The molecule has 0 saturated carbocycles. The summed E-state index contributed by atoms with van der Waals surface area (Å²) in [6.45, 7) is 0.626. The molecule has 102 valence electrons. The van der Waals surface area contributed by atoms with Crippen LogP contribution in [0.3, 0.4) is 0 Å². The van der Waals surface area contributed by atoms with Gasteiger partial charge in [-0.3, -0.25) is 9.98 Å². The van der Waals surface area contributed by atoms with Gasteiger partial charge in [-0.2, -0.15) is 0 Å². The predicted octanol–water partition coefficient (Wildman–Crippen LogP) is 1.92. The smallest absolute Gasteiger partial charge is 0.185 e. The third-order valence-electron chi connectivity index (χ3n) is 3.37. The van der Waals surface area contributed by atoms with Crippen LogP contribution in [0.15, 0.2) is 41.5 Å². The van der Waals surface area contributed by atoms with Crippen LogP contribution in [-0.2, 0) is 6.42 Å². The van der Waals surface area contributed by atoms with Crippen LogP contribution in [0.5, 0.6) is 0 Å². The molecule has 1 aromatic carbocycles. The van der Waals surface area contributed by atoms with Gasteiger partial charge in [-0.1, -0.05) is 18.2 Å². The Bertz CT molecular complexity index is 768. The molecule has 0 bridgehead atoms. The van der Waals surface area contributed by atoms with E-state index in [1.54, 1.807) is 0 Å². The van der Waals surface area contributed by atoms with Crippen molar-refractivity contribution >= 4 is 27.8 Å². The van der Waals surface area contributed by atoms with Crippen molar-refractivity contribution in [2.45, 2.75) is 12.8 Å². The predicted molar refractivity (Wildman–Crippen MR) is 82.6 cm³/mol. The van der Waals surface area contributed by atoms with Crippen molar-refractivity contribution in [3.63, 3.8) is 0 Å². The molecule has 2 aromatic heterocycles. The van der Waals surface area contributed by atoms with Crippen LogP contribution in [-0.4, -0.2) is 22.5 Å². The number of aromatic nitrogens is 2. The van der Waals surface area contributed by atoms with Crippen LogP contribution in [0.2, 0.25) is 0 Å². The number of aromatic amines is 1. The van der Waals surface area contributed by atoms with Gasteiger partial charge in [-0.25, -0.2) is 0 Å². The molecule has 0 spiro atoms. The van der Waals surface area contributed by atoms with Gasteiger partial charge in [-0.05, 0) is 25.0 Å².